The van der Waals surface area contributed by atoms with E-state index in [0.29, 0.717) is 11.3 Å². The molecule has 0 heterocycles. The highest BCUT2D eigenvalue weighted by Crippen LogP contribution is 2.29. The van der Waals surface area contributed by atoms with Crippen LogP contribution in [0.3, 0.4) is 0 Å². The number of nitriles is 1. The van der Waals surface area contributed by atoms with E-state index in [1.807, 2.05) is 12.1 Å². The van der Waals surface area contributed by atoms with E-state index in [-0.39, 0.29) is 23.7 Å². The average molecular weight is 380 g/mol. The van der Waals surface area contributed by atoms with E-state index >= 15 is 0 Å². The van der Waals surface area contributed by atoms with Crippen LogP contribution in [-0.4, -0.2) is 25.6 Å². The van der Waals surface area contributed by atoms with Crippen molar-refractivity contribution in [2.75, 3.05) is 13.7 Å². The predicted octanol–water partition coefficient (Wildman–Crippen LogP) is 2.63. The second-order valence-corrected chi connectivity index (χ2v) is 5.70. The molecule has 0 saturated carbocycles. The number of methoxy groups -OCH3 is 1. The molecular formula is C21H20N2O5. The topological polar surface area (TPSA) is 112 Å². The highest BCUT2D eigenvalue weighted by atomic mass is 16.6. The molecule has 0 atom stereocenters. The SMILES string of the molecule is CCc1ccc(OCC(=O)Oc2ccc(/C=C(\C#N)C(N)=O)cc2OC)cc1. The van der Waals surface area contributed by atoms with Crippen LogP contribution < -0.4 is 19.9 Å². The quantitative estimate of drug-likeness (QED) is 0.326. The summed E-state index contributed by atoms with van der Waals surface area (Å²) in [7, 11) is 1.41. The number of nitrogens with two attached hydrogens (primary N) is 1. The highest BCUT2D eigenvalue weighted by molar-refractivity contribution is 6.00. The van der Waals surface area contributed by atoms with Gasteiger partial charge in [0.25, 0.3) is 5.91 Å². The number of nitrogens with zero attached hydrogens (tertiary/aromatic N) is 1. The second kappa shape index (κ2) is 9.78. The van der Waals surface area contributed by atoms with Crippen LogP contribution in [0.5, 0.6) is 17.2 Å². The predicted molar refractivity (Wildman–Crippen MR) is 103 cm³/mol. The van der Waals surface area contributed by atoms with Crippen molar-refractivity contribution in [3.05, 3.63) is 59.2 Å². The first-order valence-electron chi connectivity index (χ1n) is 8.48. The van der Waals surface area contributed by atoms with Gasteiger partial charge in [-0.1, -0.05) is 25.1 Å². The van der Waals surface area contributed by atoms with Crippen LogP contribution in [0.25, 0.3) is 6.08 Å². The molecule has 2 N–H and O–H groups in total. The summed E-state index contributed by atoms with van der Waals surface area (Å²) in [6.45, 7) is 1.78. The van der Waals surface area contributed by atoms with Crippen molar-refractivity contribution in [1.29, 1.82) is 5.26 Å². The molecule has 28 heavy (non-hydrogen) atoms. The Balaban J connectivity index is 2.05. The van der Waals surface area contributed by atoms with E-state index in [9.17, 15) is 9.59 Å². The number of primary amides is 1. The highest BCUT2D eigenvalue weighted by Gasteiger charge is 2.12. The van der Waals surface area contributed by atoms with Gasteiger partial charge in [0.1, 0.15) is 17.4 Å². The van der Waals surface area contributed by atoms with Crippen LogP contribution >= 0.6 is 0 Å². The zero-order valence-corrected chi connectivity index (χ0v) is 15.6. The van der Waals surface area contributed by atoms with Crippen LogP contribution in [0.2, 0.25) is 0 Å². The number of hydrogen-bond acceptors (Lipinski definition) is 6. The summed E-state index contributed by atoms with van der Waals surface area (Å²) in [5.41, 5.74) is 6.59. The number of hydrogen-bond donors (Lipinski definition) is 1. The lowest BCUT2D eigenvalue weighted by Gasteiger charge is -2.11. The van der Waals surface area contributed by atoms with Gasteiger partial charge in [-0.2, -0.15) is 5.26 Å². The van der Waals surface area contributed by atoms with Crippen LogP contribution in [0, 0.1) is 11.3 Å². The molecule has 0 bridgehead atoms. The van der Waals surface area contributed by atoms with Crippen LogP contribution in [-0.2, 0) is 16.0 Å². The normalized spacial score (nSPS) is 10.7. The summed E-state index contributed by atoms with van der Waals surface area (Å²) in [5.74, 6) is -0.419. The Morgan fingerprint density at radius 1 is 1.14 bits per heavy atom. The smallest absolute Gasteiger partial charge is 0.349 e. The van der Waals surface area contributed by atoms with Gasteiger partial charge in [-0.25, -0.2) is 4.79 Å². The number of carbonyl (C=O) groups excluding carboxylic acids is 2. The number of ether oxygens (including phenoxy) is 3. The third-order valence-electron chi connectivity index (χ3n) is 3.80. The number of esters is 1. The summed E-state index contributed by atoms with van der Waals surface area (Å²) in [6, 6.07) is 13.7. The average Bonchev–Trinajstić information content (AvgIpc) is 2.71. The fraction of sp³-hybridized carbons (Fsp3) is 0.190. The minimum Gasteiger partial charge on any atom is -0.493 e. The summed E-state index contributed by atoms with van der Waals surface area (Å²) < 4.78 is 15.9. The maximum absolute atomic E-state index is 12.1. The number of aryl methyl sites for hydroxylation is 1. The van der Waals surface area contributed by atoms with Gasteiger partial charge in [-0.05, 0) is 47.9 Å². The maximum atomic E-state index is 12.1. The molecule has 1 amide bonds. The molecule has 7 heteroatoms. The molecule has 0 saturated heterocycles. The van der Waals surface area contributed by atoms with Gasteiger partial charge in [0.15, 0.2) is 18.1 Å². The third-order valence-corrected chi connectivity index (χ3v) is 3.80. The van der Waals surface area contributed by atoms with E-state index in [4.69, 9.17) is 25.2 Å². The Kier molecular flexibility index (Phi) is 7.17. The van der Waals surface area contributed by atoms with Gasteiger partial charge >= 0.3 is 5.97 Å². The molecule has 0 fully saturated rings. The first-order valence-corrected chi connectivity index (χ1v) is 8.48. The summed E-state index contributed by atoms with van der Waals surface area (Å²) in [6.07, 6.45) is 2.24. The Morgan fingerprint density at radius 3 is 2.43 bits per heavy atom. The van der Waals surface area contributed by atoms with E-state index in [2.05, 4.69) is 6.92 Å². The first-order chi connectivity index (χ1) is 13.5. The molecule has 0 unspecified atom stereocenters. The van der Waals surface area contributed by atoms with Crippen molar-refractivity contribution in [3.63, 3.8) is 0 Å². The lowest BCUT2D eigenvalue weighted by molar-refractivity contribution is -0.136. The molecule has 144 valence electrons. The lowest BCUT2D eigenvalue weighted by atomic mass is 10.1. The number of rotatable bonds is 8. The number of carbonyl (C=O) groups is 2. The maximum Gasteiger partial charge on any atom is 0.349 e. The Bertz CT molecular complexity index is 927. The van der Waals surface area contributed by atoms with E-state index in [1.54, 1.807) is 24.3 Å². The van der Waals surface area contributed by atoms with E-state index < -0.39 is 11.9 Å². The third kappa shape index (κ3) is 5.61. The molecular weight excluding hydrogens is 360 g/mol. The molecule has 2 aromatic carbocycles. The minimum atomic E-state index is -0.832. The van der Waals surface area contributed by atoms with Crippen molar-refractivity contribution < 1.29 is 23.8 Å². The zero-order valence-electron chi connectivity index (χ0n) is 15.6. The zero-order chi connectivity index (χ0) is 20.5. The van der Waals surface area contributed by atoms with Crippen LogP contribution in [0.15, 0.2) is 48.0 Å². The molecule has 0 aliphatic rings. The second-order valence-electron chi connectivity index (χ2n) is 5.70. The fourth-order valence-corrected chi connectivity index (χ4v) is 2.30. The van der Waals surface area contributed by atoms with Crippen LogP contribution in [0.1, 0.15) is 18.1 Å². The first kappa shape index (κ1) is 20.5. The van der Waals surface area contributed by atoms with Crippen molar-refractivity contribution in [2.24, 2.45) is 5.73 Å². The van der Waals surface area contributed by atoms with E-state index in [1.165, 1.54) is 30.9 Å². The van der Waals surface area contributed by atoms with Crippen molar-refractivity contribution in [3.8, 4) is 23.3 Å². The lowest BCUT2D eigenvalue weighted by Crippen LogP contribution is -2.18. The van der Waals surface area contributed by atoms with Gasteiger partial charge in [0.2, 0.25) is 0 Å². The molecule has 0 spiro atoms. The van der Waals surface area contributed by atoms with Crippen molar-refractivity contribution in [1.82, 2.24) is 0 Å². The summed E-state index contributed by atoms with van der Waals surface area (Å²) in [5, 5.41) is 8.91. The standard InChI is InChI=1S/C21H20N2O5/c1-3-14-4-7-17(8-5-14)27-13-20(24)28-18-9-6-15(11-19(18)26-2)10-16(12-22)21(23)25/h4-11H,3,13H2,1-2H3,(H2,23,25)/b16-10+. The van der Waals surface area contributed by atoms with Gasteiger partial charge in [0.05, 0.1) is 7.11 Å². The van der Waals surface area contributed by atoms with Gasteiger partial charge < -0.3 is 19.9 Å². The largest absolute Gasteiger partial charge is 0.493 e. The molecule has 0 radical (unpaired) electrons. The van der Waals surface area contributed by atoms with Gasteiger partial charge in [-0.15, -0.1) is 0 Å². The Morgan fingerprint density at radius 2 is 1.86 bits per heavy atom. The van der Waals surface area contributed by atoms with Crippen molar-refractivity contribution in [2.45, 2.75) is 13.3 Å². The van der Waals surface area contributed by atoms with Gasteiger partial charge in [0, 0.05) is 0 Å². The Labute approximate surface area is 162 Å². The summed E-state index contributed by atoms with van der Waals surface area (Å²) >= 11 is 0. The van der Waals surface area contributed by atoms with Crippen LogP contribution in [0.4, 0.5) is 0 Å². The van der Waals surface area contributed by atoms with Crippen molar-refractivity contribution >= 4 is 18.0 Å². The monoisotopic (exact) mass is 380 g/mol. The van der Waals surface area contributed by atoms with E-state index in [0.717, 1.165) is 6.42 Å². The molecule has 2 aromatic rings. The number of benzene rings is 2. The summed E-state index contributed by atoms with van der Waals surface area (Å²) in [4.78, 5) is 23.2. The Hall–Kier alpha value is -3.79. The molecule has 0 aromatic heterocycles. The number of amides is 1. The molecule has 7 nitrogen and oxygen atoms in total. The van der Waals surface area contributed by atoms with Gasteiger partial charge in [-0.3, -0.25) is 4.79 Å². The molecule has 0 aliphatic carbocycles. The minimum absolute atomic E-state index is 0.187. The molecule has 0 aliphatic heterocycles. The fourth-order valence-electron chi connectivity index (χ4n) is 2.30. The molecule has 2 rings (SSSR count).